The van der Waals surface area contributed by atoms with E-state index in [-0.39, 0.29) is 12.1 Å². The fourth-order valence-corrected chi connectivity index (χ4v) is 0.486. The van der Waals surface area contributed by atoms with Gasteiger partial charge in [-0.15, -0.1) is 0 Å². The van der Waals surface area contributed by atoms with Crippen molar-refractivity contribution in [3.05, 3.63) is 12.2 Å². The van der Waals surface area contributed by atoms with E-state index in [0.29, 0.717) is 0 Å². The topological polar surface area (TPSA) is 26.3 Å². The Morgan fingerprint density at radius 2 is 2.20 bits per heavy atom. The first-order valence-corrected chi connectivity index (χ1v) is 3.54. The largest absolute Gasteiger partial charge is 0.460 e. The Morgan fingerprint density at radius 1 is 1.60 bits per heavy atom. The summed E-state index contributed by atoms with van der Waals surface area (Å²) in [7, 11) is 0. The summed E-state index contributed by atoms with van der Waals surface area (Å²) < 4.78 is 4.83. The van der Waals surface area contributed by atoms with E-state index in [9.17, 15) is 4.79 Å². The molecule has 0 aromatic carbocycles. The van der Waals surface area contributed by atoms with Crippen LogP contribution in [0.1, 0.15) is 27.2 Å². The van der Waals surface area contributed by atoms with Crippen LogP contribution in [0.25, 0.3) is 0 Å². The van der Waals surface area contributed by atoms with Gasteiger partial charge in [-0.2, -0.15) is 0 Å². The minimum absolute atomic E-state index is 0.0194. The van der Waals surface area contributed by atoms with Gasteiger partial charge in [-0.1, -0.05) is 13.0 Å². The molecule has 0 spiro atoms. The maximum atomic E-state index is 10.7. The van der Waals surface area contributed by atoms with Gasteiger partial charge in [0.25, 0.3) is 0 Å². The monoisotopic (exact) mass is 142 g/mol. The van der Waals surface area contributed by atoms with E-state index >= 15 is 0 Å². The highest BCUT2D eigenvalue weighted by molar-refractivity contribution is 5.81. The van der Waals surface area contributed by atoms with Gasteiger partial charge >= 0.3 is 5.97 Å². The summed E-state index contributed by atoms with van der Waals surface area (Å²) in [6.45, 7) is 5.63. The van der Waals surface area contributed by atoms with Crippen LogP contribution in [0.15, 0.2) is 12.2 Å². The molecule has 10 heavy (non-hydrogen) atoms. The molecule has 0 heterocycles. The third-order valence-corrected chi connectivity index (χ3v) is 0.841. The second-order valence-electron chi connectivity index (χ2n) is 2.30. The lowest BCUT2D eigenvalue weighted by Gasteiger charge is -2.03. The molecule has 0 aromatic heterocycles. The molecule has 0 aliphatic carbocycles. The molecule has 0 saturated carbocycles. The van der Waals surface area contributed by atoms with Crippen LogP contribution in [0.4, 0.5) is 0 Å². The molecule has 0 N–H and O–H groups in total. The summed E-state index contributed by atoms with van der Waals surface area (Å²) in [5.74, 6) is -0.253. The van der Waals surface area contributed by atoms with Crippen LogP contribution < -0.4 is 0 Å². The van der Waals surface area contributed by atoms with Gasteiger partial charge in [-0.05, 0) is 20.3 Å². The molecule has 0 aromatic rings. The molecular weight excluding hydrogens is 128 g/mol. The molecule has 2 heteroatoms. The Balaban J connectivity index is 3.54. The number of esters is 1. The molecule has 0 fully saturated rings. The summed E-state index contributed by atoms with van der Waals surface area (Å²) in [6, 6.07) is 0. The van der Waals surface area contributed by atoms with Gasteiger partial charge in [0.15, 0.2) is 0 Å². The molecule has 0 radical (unpaired) electrons. The van der Waals surface area contributed by atoms with Crippen LogP contribution in [0.5, 0.6) is 0 Å². The lowest BCUT2D eigenvalue weighted by atomic mass is 10.4. The zero-order valence-electron chi connectivity index (χ0n) is 6.76. The molecule has 0 amide bonds. The molecule has 0 bridgehead atoms. The second-order valence-corrected chi connectivity index (χ2v) is 2.30. The molecule has 0 rings (SSSR count). The molecule has 0 unspecified atom stereocenters. The number of hydrogen-bond donors (Lipinski definition) is 0. The first-order chi connectivity index (χ1) is 4.66. The van der Waals surface area contributed by atoms with Gasteiger partial charge in [0.05, 0.1) is 6.10 Å². The minimum Gasteiger partial charge on any atom is -0.460 e. The standard InChI is InChI=1S/C8H14O2/c1-4-5-6-8(9)10-7(2)3/h5-7H,4H2,1-3H3/b6-5-. The van der Waals surface area contributed by atoms with Crippen molar-refractivity contribution >= 4 is 5.97 Å². The van der Waals surface area contributed by atoms with E-state index in [1.54, 1.807) is 6.08 Å². The van der Waals surface area contributed by atoms with E-state index in [1.807, 2.05) is 20.8 Å². The van der Waals surface area contributed by atoms with Crippen molar-refractivity contribution in [3.63, 3.8) is 0 Å². The number of carbonyl (C=O) groups excluding carboxylic acids is 1. The van der Waals surface area contributed by atoms with Crippen molar-refractivity contribution in [2.75, 3.05) is 0 Å². The maximum Gasteiger partial charge on any atom is 0.330 e. The zero-order valence-corrected chi connectivity index (χ0v) is 6.76. The molecule has 0 aliphatic rings. The molecule has 0 aliphatic heterocycles. The van der Waals surface area contributed by atoms with Gasteiger partial charge in [-0.3, -0.25) is 0 Å². The minimum atomic E-state index is -0.253. The molecule has 58 valence electrons. The van der Waals surface area contributed by atoms with Gasteiger partial charge in [0, 0.05) is 6.08 Å². The van der Waals surface area contributed by atoms with Crippen LogP contribution >= 0.6 is 0 Å². The van der Waals surface area contributed by atoms with E-state index < -0.39 is 0 Å². The van der Waals surface area contributed by atoms with Gasteiger partial charge in [0.2, 0.25) is 0 Å². The fourth-order valence-electron chi connectivity index (χ4n) is 0.486. The zero-order chi connectivity index (χ0) is 7.98. The van der Waals surface area contributed by atoms with Crippen LogP contribution in [0.3, 0.4) is 0 Å². The maximum absolute atomic E-state index is 10.7. The predicted molar refractivity (Wildman–Crippen MR) is 40.7 cm³/mol. The number of allylic oxidation sites excluding steroid dienone is 1. The Kier molecular flexibility index (Phi) is 4.63. The van der Waals surface area contributed by atoms with Crippen molar-refractivity contribution in [3.8, 4) is 0 Å². The highest BCUT2D eigenvalue weighted by atomic mass is 16.5. The lowest BCUT2D eigenvalue weighted by molar-refractivity contribution is -0.141. The van der Waals surface area contributed by atoms with E-state index in [1.165, 1.54) is 6.08 Å². The Morgan fingerprint density at radius 3 is 2.60 bits per heavy atom. The number of ether oxygens (including phenoxy) is 1. The normalized spacial score (nSPS) is 10.8. The van der Waals surface area contributed by atoms with Crippen LogP contribution in [-0.4, -0.2) is 12.1 Å². The Labute approximate surface area is 61.9 Å². The second kappa shape index (κ2) is 5.03. The van der Waals surface area contributed by atoms with Crippen molar-refractivity contribution in [2.45, 2.75) is 33.3 Å². The van der Waals surface area contributed by atoms with Crippen molar-refractivity contribution < 1.29 is 9.53 Å². The highest BCUT2D eigenvalue weighted by Gasteiger charge is 1.97. The van der Waals surface area contributed by atoms with Crippen molar-refractivity contribution in [1.29, 1.82) is 0 Å². The lowest BCUT2D eigenvalue weighted by Crippen LogP contribution is -2.08. The average Bonchev–Trinajstić information content (AvgIpc) is 1.82. The molecule has 0 saturated heterocycles. The van der Waals surface area contributed by atoms with Gasteiger partial charge in [-0.25, -0.2) is 4.79 Å². The summed E-state index contributed by atoms with van der Waals surface area (Å²) >= 11 is 0. The quantitative estimate of drug-likeness (QED) is 0.444. The Hall–Kier alpha value is -0.790. The molecular formula is C8H14O2. The van der Waals surface area contributed by atoms with E-state index in [2.05, 4.69) is 0 Å². The molecule has 0 atom stereocenters. The smallest absolute Gasteiger partial charge is 0.330 e. The summed E-state index contributed by atoms with van der Waals surface area (Å²) in [5.41, 5.74) is 0. The SMILES string of the molecule is CC/C=C\C(=O)OC(C)C. The molecule has 2 nitrogen and oxygen atoms in total. The number of rotatable bonds is 3. The van der Waals surface area contributed by atoms with Crippen molar-refractivity contribution in [2.24, 2.45) is 0 Å². The fraction of sp³-hybridized carbons (Fsp3) is 0.625. The van der Waals surface area contributed by atoms with Crippen LogP contribution in [0, 0.1) is 0 Å². The van der Waals surface area contributed by atoms with Crippen molar-refractivity contribution in [1.82, 2.24) is 0 Å². The predicted octanol–water partition coefficient (Wildman–Crippen LogP) is 1.90. The van der Waals surface area contributed by atoms with Crippen LogP contribution in [-0.2, 0) is 9.53 Å². The van der Waals surface area contributed by atoms with Crippen LogP contribution in [0.2, 0.25) is 0 Å². The average molecular weight is 142 g/mol. The van der Waals surface area contributed by atoms with Gasteiger partial charge in [0.1, 0.15) is 0 Å². The van der Waals surface area contributed by atoms with Gasteiger partial charge < -0.3 is 4.74 Å². The summed E-state index contributed by atoms with van der Waals surface area (Å²) in [6.07, 6.45) is 4.09. The summed E-state index contributed by atoms with van der Waals surface area (Å²) in [5, 5.41) is 0. The van der Waals surface area contributed by atoms with E-state index in [4.69, 9.17) is 4.74 Å². The highest BCUT2D eigenvalue weighted by Crippen LogP contribution is 1.90. The third-order valence-electron chi connectivity index (χ3n) is 0.841. The number of carbonyl (C=O) groups is 1. The first kappa shape index (κ1) is 9.21. The Bertz CT molecular complexity index is 125. The number of hydrogen-bond acceptors (Lipinski definition) is 2. The summed E-state index contributed by atoms with van der Waals surface area (Å²) in [4.78, 5) is 10.7. The third kappa shape index (κ3) is 5.35. The first-order valence-electron chi connectivity index (χ1n) is 3.54. The van der Waals surface area contributed by atoms with E-state index in [0.717, 1.165) is 6.42 Å².